The number of hydrogen-bond acceptors (Lipinski definition) is 31. The number of aromatic nitrogens is 1. The number of carbonyl (C=O) groups excluding carboxylic acids is 3. The number of fused-ring (bicyclic) bond motifs is 7. The van der Waals surface area contributed by atoms with Gasteiger partial charge in [0.25, 0.3) is 11.8 Å². The molecule has 129 heavy (non-hydrogen) atoms. The fourth-order valence-corrected chi connectivity index (χ4v) is 16.7. The smallest absolute Gasteiger partial charge is 0.345 e. The van der Waals surface area contributed by atoms with Crippen LogP contribution in [0.1, 0.15) is 148 Å². The van der Waals surface area contributed by atoms with Crippen molar-refractivity contribution >= 4 is 55.4 Å². The van der Waals surface area contributed by atoms with Gasteiger partial charge in [-0.1, -0.05) is 45.8 Å². The number of pyridine rings is 1. The maximum absolute atomic E-state index is 16.1. The molecular formula is C94H144N4O30S. The van der Waals surface area contributed by atoms with Crippen molar-refractivity contribution in [3.63, 3.8) is 0 Å². The van der Waals surface area contributed by atoms with Gasteiger partial charge in [0.2, 0.25) is 11.0 Å². The Morgan fingerprint density at radius 2 is 0.977 bits per heavy atom. The van der Waals surface area contributed by atoms with E-state index in [1.807, 2.05) is 38.3 Å². The maximum atomic E-state index is 16.1. The molecule has 5 aromatic rings. The number of ether oxygens (including phenoxy) is 21. The summed E-state index contributed by atoms with van der Waals surface area (Å²) in [4.78, 5) is 48.6. The lowest BCUT2D eigenvalue weighted by atomic mass is 9.55. The van der Waals surface area contributed by atoms with E-state index in [2.05, 4.69) is 22.7 Å². The van der Waals surface area contributed by atoms with E-state index in [4.69, 9.17) is 104 Å². The molecule has 0 aliphatic heterocycles. The van der Waals surface area contributed by atoms with Gasteiger partial charge in [0.1, 0.15) is 59.6 Å². The normalized spacial score (nSPS) is 17.2. The summed E-state index contributed by atoms with van der Waals surface area (Å²) in [6.45, 7) is 20.3. The molecule has 3 aliphatic carbocycles. The van der Waals surface area contributed by atoms with E-state index in [-0.39, 0.29) is 233 Å². The number of carbonyl (C=O) groups is 3. The summed E-state index contributed by atoms with van der Waals surface area (Å²) in [5, 5.41) is 32.1. The number of nitrogens with one attached hydrogen (secondary N) is 2. The third kappa shape index (κ3) is 36.4. The fraction of sp³-hybridized carbons (Fsp3) is 0.691. The standard InChI is InChI=1S/C94H144N4O30S/c1-12-30-113-53-72(54-114-31-13-2)121-61-76(62-122-73(55-115-32-14-3)56-116-33-15-4)126-70-18-22-86-82(50-70)90(83-51-71(19-23-87(83)98(86)29-16-46-129(104,105)106)127-77(63-123-74(57-117-40-36-107-8)58-118-41-37-108-9)64-124-75(59-119-42-38-109-10)60-120-43-39-110-11)93(103)128-91-66(5)47-68(48-67(91)6)92(102)96-28-35-112-45-44-111-34-27-95-89(101)65-125-97-85-52-80-79(78-20-17-69(99)49-81(78)85)25-26-94(7)84(80)21-24-88(94)100/h17-20,22-23,47-51,72-77,79-80,84,88,100H,12-16,21,24-46,52-65H2,1-11H3,(H3-,95,96,99,101,102,104,105,106). The van der Waals surface area contributed by atoms with Gasteiger partial charge in [-0.3, -0.25) is 9.59 Å². The van der Waals surface area contributed by atoms with Crippen LogP contribution in [0.25, 0.3) is 21.8 Å². The number of aryl methyl sites for hydroxylation is 3. The van der Waals surface area contributed by atoms with E-state index in [0.29, 0.717) is 99.0 Å². The Morgan fingerprint density at radius 3 is 1.42 bits per heavy atom. The molecule has 0 radical (unpaired) electrons. The predicted molar refractivity (Wildman–Crippen MR) is 479 cm³/mol. The van der Waals surface area contributed by atoms with Crippen molar-refractivity contribution in [2.75, 3.05) is 239 Å². The van der Waals surface area contributed by atoms with Crippen LogP contribution in [0.3, 0.4) is 0 Å². The van der Waals surface area contributed by atoms with Crippen molar-refractivity contribution in [3.8, 4) is 23.0 Å². The van der Waals surface area contributed by atoms with Crippen LogP contribution in [-0.4, -0.2) is 328 Å². The Hall–Kier alpha value is -7.02. The van der Waals surface area contributed by atoms with Gasteiger partial charge < -0.3 is 130 Å². The quantitative estimate of drug-likeness (QED) is 0.00536. The second-order valence-corrected chi connectivity index (χ2v) is 34.4. The molecule has 35 heteroatoms. The molecule has 0 bridgehead atoms. The highest BCUT2D eigenvalue weighted by atomic mass is 32.2. The molecule has 1 heterocycles. The molecule has 2 amide bonds. The largest absolute Gasteiger partial charge is 0.748 e. The molecule has 3 aliphatic rings. The van der Waals surface area contributed by atoms with E-state index >= 15 is 4.79 Å². The molecule has 1 aromatic heterocycles. The lowest BCUT2D eigenvalue weighted by molar-refractivity contribution is -0.645. The van der Waals surface area contributed by atoms with Crippen molar-refractivity contribution in [1.29, 1.82) is 0 Å². The van der Waals surface area contributed by atoms with E-state index in [1.54, 1.807) is 103 Å². The molecular weight excluding hydrogens is 1700 g/mol. The minimum Gasteiger partial charge on any atom is -0.748 e. The molecule has 34 nitrogen and oxygen atoms in total. The Morgan fingerprint density at radius 1 is 0.535 bits per heavy atom. The number of aliphatic hydroxyl groups excluding tert-OH is 1. The third-order valence-electron chi connectivity index (χ3n) is 22.6. The maximum Gasteiger partial charge on any atom is 0.345 e. The molecule has 2 saturated carbocycles. The van der Waals surface area contributed by atoms with Crippen molar-refractivity contribution < 1.29 is 146 Å². The third-order valence-corrected chi connectivity index (χ3v) is 23.4. The number of hydrogen-bond donors (Lipinski definition) is 4. The van der Waals surface area contributed by atoms with Gasteiger partial charge in [-0.15, -0.1) is 0 Å². The van der Waals surface area contributed by atoms with Crippen LogP contribution in [0.15, 0.2) is 71.9 Å². The van der Waals surface area contributed by atoms with Crippen LogP contribution in [0.4, 0.5) is 0 Å². The minimum absolute atomic E-state index is 0.0122. The predicted octanol–water partition coefficient (Wildman–Crippen LogP) is 9.13. The highest BCUT2D eigenvalue weighted by molar-refractivity contribution is 7.85. The molecule has 5 unspecified atom stereocenters. The van der Waals surface area contributed by atoms with Crippen LogP contribution in [0, 0.1) is 31.1 Å². The van der Waals surface area contributed by atoms with Crippen molar-refractivity contribution in [1.82, 2.24) is 10.6 Å². The number of methoxy groups -OCH3 is 4. The first-order valence-corrected chi connectivity index (χ1v) is 47.1. The molecule has 2 fully saturated rings. The molecule has 0 spiro atoms. The summed E-state index contributed by atoms with van der Waals surface area (Å²) in [5.74, 6) is -0.670. The second-order valence-electron chi connectivity index (χ2n) is 32.8. The average molecular weight is 1840 g/mol. The van der Waals surface area contributed by atoms with E-state index in [1.165, 1.54) is 0 Å². The lowest BCUT2D eigenvalue weighted by Gasteiger charge is -2.50. The van der Waals surface area contributed by atoms with Gasteiger partial charge >= 0.3 is 5.97 Å². The number of aromatic hydroxyl groups is 1. The van der Waals surface area contributed by atoms with Crippen molar-refractivity contribution in [3.05, 3.63) is 100 Å². The first kappa shape index (κ1) is 107. The molecule has 8 rings (SSSR count). The number of nitrogens with zero attached hydrogens (tertiary/aromatic N) is 2. The second kappa shape index (κ2) is 59.6. The Balaban J connectivity index is 1.06. The SMILES string of the molecule is CCCOCC(COCCC)OCC(COC(COCCC)COCCC)Oc1ccc2c(c1)c(C(=O)Oc1c(C)cc(C(=O)NCCOCCOCCNC(=O)CON=C3CC4C(CCC5(C)C(O)CCC45)c4ccc(O)cc43)cc1C)c1cc(OC(COC(COCCOC)COCCOC)COC(COCCOC)COCCOC)ccc1[n+]2CCCS(=O)(=O)[O-]. The van der Waals surface area contributed by atoms with Gasteiger partial charge in [-0.05, 0) is 160 Å². The summed E-state index contributed by atoms with van der Waals surface area (Å²) in [7, 11) is 1.60. The molecule has 0 saturated heterocycles. The highest BCUT2D eigenvalue weighted by Crippen LogP contribution is 2.61. The minimum atomic E-state index is -4.71. The van der Waals surface area contributed by atoms with Crippen molar-refractivity contribution in [2.45, 2.75) is 168 Å². The number of benzene rings is 4. The number of aliphatic hydroxyl groups is 1. The van der Waals surface area contributed by atoms with Gasteiger partial charge in [0.05, 0.1) is 197 Å². The Bertz CT molecular complexity index is 4120. The van der Waals surface area contributed by atoms with Crippen LogP contribution < -0.4 is 29.4 Å². The van der Waals surface area contributed by atoms with E-state index in [9.17, 15) is 32.8 Å². The van der Waals surface area contributed by atoms with Gasteiger partial charge in [-0.2, -0.15) is 4.57 Å². The fourth-order valence-electron chi connectivity index (χ4n) is 16.2. The number of amides is 2. The summed E-state index contributed by atoms with van der Waals surface area (Å²) in [6.07, 6.45) is 3.02. The number of esters is 1. The molecule has 4 aromatic carbocycles. The average Bonchev–Trinajstić information content (AvgIpc) is 1.70. The molecule has 4 N–H and O–H groups in total. The van der Waals surface area contributed by atoms with Gasteiger partial charge in [0.15, 0.2) is 13.2 Å². The number of phenolic OH excluding ortho intramolecular Hbond substituents is 1. The number of oxime groups is 1. The van der Waals surface area contributed by atoms with Crippen LogP contribution in [0.5, 0.6) is 23.0 Å². The van der Waals surface area contributed by atoms with Crippen LogP contribution in [-0.2, 0) is 112 Å². The topological polar surface area (TPSA) is 392 Å². The van der Waals surface area contributed by atoms with E-state index in [0.717, 1.165) is 62.5 Å². The van der Waals surface area contributed by atoms with Crippen LogP contribution in [0.2, 0.25) is 0 Å². The van der Waals surface area contributed by atoms with Crippen LogP contribution >= 0.6 is 0 Å². The first-order chi connectivity index (χ1) is 62.6. The Kier molecular flexibility index (Phi) is 49.6. The monoisotopic (exact) mass is 1840 g/mol. The first-order valence-electron chi connectivity index (χ1n) is 45.6. The Labute approximate surface area is 761 Å². The van der Waals surface area contributed by atoms with Gasteiger partial charge in [0, 0.05) is 103 Å². The van der Waals surface area contributed by atoms with E-state index < -0.39 is 64.4 Å². The lowest BCUT2D eigenvalue weighted by Crippen LogP contribution is -2.45. The molecule has 5 atom stereocenters. The highest BCUT2D eigenvalue weighted by Gasteiger charge is 2.55. The van der Waals surface area contributed by atoms with Gasteiger partial charge in [-0.25, -0.2) is 13.2 Å². The summed E-state index contributed by atoms with van der Waals surface area (Å²) in [6, 6.07) is 18.9. The summed E-state index contributed by atoms with van der Waals surface area (Å²) >= 11 is 0. The molecule has 726 valence electrons. The zero-order valence-corrected chi connectivity index (χ0v) is 78.5. The summed E-state index contributed by atoms with van der Waals surface area (Å²) in [5.41, 5.74) is 4.51. The number of rotatable bonds is 71. The summed E-state index contributed by atoms with van der Waals surface area (Å²) < 4.78 is 167. The zero-order chi connectivity index (χ0) is 92.6. The number of phenols is 1. The zero-order valence-electron chi connectivity index (χ0n) is 77.7. The van der Waals surface area contributed by atoms with Crippen molar-refractivity contribution in [2.24, 2.45) is 22.4 Å².